The zero-order chi connectivity index (χ0) is 15.6. The highest BCUT2D eigenvalue weighted by Crippen LogP contribution is 2.19. The maximum absolute atomic E-state index is 11.6. The first kappa shape index (κ1) is 19.4. The first-order valence-corrected chi connectivity index (χ1v) is 7.64. The van der Waals surface area contributed by atoms with Gasteiger partial charge in [-0.1, -0.05) is 13.8 Å². The molecule has 1 unspecified atom stereocenters. The van der Waals surface area contributed by atoms with Gasteiger partial charge in [0.05, 0.1) is 6.61 Å². The summed E-state index contributed by atoms with van der Waals surface area (Å²) in [5.74, 6) is -0.742. The second kappa shape index (κ2) is 10.1. The molecule has 0 aliphatic rings. The average molecular weight is 288 g/mol. The van der Waals surface area contributed by atoms with Crippen molar-refractivity contribution in [2.24, 2.45) is 0 Å². The molecule has 1 atom stereocenters. The highest BCUT2D eigenvalue weighted by atomic mass is 16.5. The summed E-state index contributed by atoms with van der Waals surface area (Å²) in [6.07, 6.45) is 2.13. The second-order valence-electron chi connectivity index (χ2n) is 5.57. The van der Waals surface area contributed by atoms with Crippen LogP contribution in [-0.4, -0.2) is 60.9 Å². The Bertz CT molecular complexity index is 272. The Kier molecular flexibility index (Phi) is 9.80. The summed E-state index contributed by atoms with van der Waals surface area (Å²) in [7, 11) is 1.70. The lowest BCUT2D eigenvalue weighted by Gasteiger charge is -2.32. The van der Waals surface area contributed by atoms with Gasteiger partial charge in [0.25, 0.3) is 0 Å². The third-order valence-electron chi connectivity index (χ3n) is 3.71. The molecule has 0 aliphatic heterocycles. The van der Waals surface area contributed by atoms with Gasteiger partial charge in [0.15, 0.2) is 0 Å². The minimum atomic E-state index is -0.797. The maximum Gasteiger partial charge on any atom is 0.323 e. The van der Waals surface area contributed by atoms with Gasteiger partial charge in [-0.25, -0.2) is 0 Å². The first-order valence-electron chi connectivity index (χ1n) is 7.64. The van der Waals surface area contributed by atoms with Gasteiger partial charge in [0.2, 0.25) is 0 Å². The lowest BCUT2D eigenvalue weighted by Crippen LogP contribution is -2.54. The standard InChI is InChI=1S/C15H32N2O3/c1-6-15(14(18)19,16-13(3)4)9-8-10-17(7-2)11-12-20-5/h13,16H,6-12H2,1-5H3,(H,18,19). The molecule has 5 heteroatoms. The molecule has 5 nitrogen and oxygen atoms in total. The lowest BCUT2D eigenvalue weighted by molar-refractivity contribution is -0.145. The van der Waals surface area contributed by atoms with E-state index in [0.717, 1.165) is 32.7 Å². The highest BCUT2D eigenvalue weighted by molar-refractivity contribution is 5.78. The van der Waals surface area contributed by atoms with Gasteiger partial charge in [-0.15, -0.1) is 0 Å². The summed E-state index contributed by atoms with van der Waals surface area (Å²) in [4.78, 5) is 13.9. The van der Waals surface area contributed by atoms with Crippen LogP contribution >= 0.6 is 0 Å². The van der Waals surface area contributed by atoms with Gasteiger partial charge in [-0.2, -0.15) is 0 Å². The fourth-order valence-corrected chi connectivity index (χ4v) is 2.48. The van der Waals surface area contributed by atoms with Crippen molar-refractivity contribution in [3.8, 4) is 0 Å². The average Bonchev–Trinajstić information content (AvgIpc) is 2.40. The van der Waals surface area contributed by atoms with E-state index in [0.29, 0.717) is 12.8 Å². The summed E-state index contributed by atoms with van der Waals surface area (Å²) in [5, 5.41) is 12.8. The molecule has 120 valence electrons. The molecular weight excluding hydrogens is 256 g/mol. The van der Waals surface area contributed by atoms with E-state index in [2.05, 4.69) is 17.1 Å². The van der Waals surface area contributed by atoms with Crippen molar-refractivity contribution in [3.63, 3.8) is 0 Å². The zero-order valence-electron chi connectivity index (χ0n) is 13.7. The number of nitrogens with zero attached hydrogens (tertiary/aromatic N) is 1. The summed E-state index contributed by atoms with van der Waals surface area (Å²) >= 11 is 0. The van der Waals surface area contributed by atoms with Crippen LogP contribution in [0.5, 0.6) is 0 Å². The predicted molar refractivity (Wildman–Crippen MR) is 82.2 cm³/mol. The number of aliphatic carboxylic acids is 1. The number of carboxylic acid groups (broad SMARTS) is 1. The van der Waals surface area contributed by atoms with Crippen molar-refractivity contribution < 1.29 is 14.6 Å². The van der Waals surface area contributed by atoms with E-state index in [-0.39, 0.29) is 6.04 Å². The van der Waals surface area contributed by atoms with Crippen LogP contribution in [0.15, 0.2) is 0 Å². The van der Waals surface area contributed by atoms with Crippen LogP contribution in [0.25, 0.3) is 0 Å². The van der Waals surface area contributed by atoms with Crippen LogP contribution in [0.2, 0.25) is 0 Å². The van der Waals surface area contributed by atoms with Crippen molar-refractivity contribution in [1.82, 2.24) is 10.2 Å². The number of hydrogen-bond acceptors (Lipinski definition) is 4. The van der Waals surface area contributed by atoms with Crippen LogP contribution in [0.1, 0.15) is 47.0 Å². The molecule has 0 amide bonds. The van der Waals surface area contributed by atoms with Crippen molar-refractivity contribution >= 4 is 5.97 Å². The first-order chi connectivity index (χ1) is 9.41. The normalized spacial score (nSPS) is 14.8. The van der Waals surface area contributed by atoms with Gasteiger partial charge in [0, 0.05) is 19.7 Å². The Morgan fingerprint density at radius 1 is 1.35 bits per heavy atom. The van der Waals surface area contributed by atoms with Crippen molar-refractivity contribution in [2.45, 2.75) is 58.5 Å². The molecule has 0 saturated heterocycles. The number of nitrogens with one attached hydrogen (secondary N) is 1. The summed E-state index contributed by atoms with van der Waals surface area (Å²) in [5.41, 5.74) is -0.797. The number of methoxy groups -OCH3 is 1. The lowest BCUT2D eigenvalue weighted by atomic mass is 9.89. The van der Waals surface area contributed by atoms with Crippen LogP contribution in [0, 0.1) is 0 Å². The van der Waals surface area contributed by atoms with E-state index in [9.17, 15) is 9.90 Å². The van der Waals surface area contributed by atoms with E-state index in [4.69, 9.17) is 4.74 Å². The summed E-state index contributed by atoms with van der Waals surface area (Å²) in [6, 6.07) is 0.168. The predicted octanol–water partition coefficient (Wildman–Crippen LogP) is 1.97. The van der Waals surface area contributed by atoms with Gasteiger partial charge in [-0.3, -0.25) is 10.1 Å². The molecule has 0 aromatic rings. The third kappa shape index (κ3) is 6.68. The Morgan fingerprint density at radius 2 is 2.00 bits per heavy atom. The molecule has 2 N–H and O–H groups in total. The number of carbonyl (C=O) groups is 1. The topological polar surface area (TPSA) is 61.8 Å². The zero-order valence-corrected chi connectivity index (χ0v) is 13.7. The fraction of sp³-hybridized carbons (Fsp3) is 0.933. The molecule has 0 radical (unpaired) electrons. The Hall–Kier alpha value is -0.650. The Labute approximate surface area is 123 Å². The number of rotatable bonds is 12. The number of hydrogen-bond donors (Lipinski definition) is 2. The van der Waals surface area contributed by atoms with Crippen LogP contribution in [-0.2, 0) is 9.53 Å². The molecule has 0 fully saturated rings. The van der Waals surface area contributed by atoms with Crippen molar-refractivity contribution in [3.05, 3.63) is 0 Å². The minimum absolute atomic E-state index is 0.168. The van der Waals surface area contributed by atoms with Gasteiger partial charge >= 0.3 is 5.97 Å². The minimum Gasteiger partial charge on any atom is -0.480 e. The quantitative estimate of drug-likeness (QED) is 0.575. The molecule has 0 aliphatic carbocycles. The van der Waals surface area contributed by atoms with Crippen molar-refractivity contribution in [1.29, 1.82) is 0 Å². The molecule has 0 saturated carbocycles. The van der Waals surface area contributed by atoms with E-state index < -0.39 is 11.5 Å². The van der Waals surface area contributed by atoms with Gasteiger partial charge in [-0.05, 0) is 46.2 Å². The number of likely N-dealkylation sites (N-methyl/N-ethyl adjacent to an activating group) is 1. The van der Waals surface area contributed by atoms with E-state index in [1.165, 1.54) is 0 Å². The second-order valence-corrected chi connectivity index (χ2v) is 5.57. The van der Waals surface area contributed by atoms with Crippen LogP contribution < -0.4 is 5.32 Å². The van der Waals surface area contributed by atoms with E-state index in [1.54, 1.807) is 7.11 Å². The molecule has 20 heavy (non-hydrogen) atoms. The third-order valence-corrected chi connectivity index (χ3v) is 3.71. The summed E-state index contributed by atoms with van der Waals surface area (Å²) in [6.45, 7) is 11.5. The largest absolute Gasteiger partial charge is 0.480 e. The molecule has 0 aromatic carbocycles. The summed E-state index contributed by atoms with van der Waals surface area (Å²) < 4.78 is 5.09. The van der Waals surface area contributed by atoms with Crippen LogP contribution in [0.3, 0.4) is 0 Å². The fourth-order valence-electron chi connectivity index (χ4n) is 2.48. The van der Waals surface area contributed by atoms with Gasteiger partial charge in [0.1, 0.15) is 5.54 Å². The van der Waals surface area contributed by atoms with Gasteiger partial charge < -0.3 is 14.7 Å². The Morgan fingerprint density at radius 3 is 2.40 bits per heavy atom. The molecule has 0 heterocycles. The molecule has 0 spiro atoms. The smallest absolute Gasteiger partial charge is 0.323 e. The SMILES string of the molecule is CCN(CCCC(CC)(NC(C)C)C(=O)O)CCOC. The molecular formula is C15H32N2O3. The monoisotopic (exact) mass is 288 g/mol. The van der Waals surface area contributed by atoms with E-state index >= 15 is 0 Å². The van der Waals surface area contributed by atoms with Crippen LogP contribution in [0.4, 0.5) is 0 Å². The number of ether oxygens (including phenoxy) is 1. The highest BCUT2D eigenvalue weighted by Gasteiger charge is 2.36. The number of carboxylic acids is 1. The molecule has 0 bridgehead atoms. The van der Waals surface area contributed by atoms with E-state index in [1.807, 2.05) is 20.8 Å². The maximum atomic E-state index is 11.6. The molecule has 0 aromatic heterocycles. The van der Waals surface area contributed by atoms with Crippen molar-refractivity contribution in [2.75, 3.05) is 33.4 Å². The Balaban J connectivity index is 4.42. The molecule has 0 rings (SSSR count).